The summed E-state index contributed by atoms with van der Waals surface area (Å²) in [4.78, 5) is 14.3. The minimum absolute atomic E-state index is 0.418. The second-order valence-electron chi connectivity index (χ2n) is 2.47. The lowest BCUT2D eigenvalue weighted by atomic mass is 10.2. The van der Waals surface area contributed by atoms with Crippen LogP contribution in [0.3, 0.4) is 0 Å². The van der Waals surface area contributed by atoms with E-state index in [1.165, 1.54) is 0 Å². The van der Waals surface area contributed by atoms with Gasteiger partial charge in [-0.05, 0) is 23.4 Å². The molecule has 1 heterocycles. The van der Waals surface area contributed by atoms with Crippen LogP contribution in [-0.4, -0.2) is 4.98 Å². The fourth-order valence-corrected chi connectivity index (χ4v) is 1.11. The average Bonchev–Trinajstić information content (AvgIpc) is 2.17. The van der Waals surface area contributed by atoms with Gasteiger partial charge in [-0.15, -0.1) is 4.91 Å². The molecule has 0 radical (unpaired) electrons. The van der Waals surface area contributed by atoms with E-state index in [4.69, 9.17) is 0 Å². The molecule has 0 atom stereocenters. The number of rotatable bonds is 1. The summed E-state index contributed by atoms with van der Waals surface area (Å²) < 4.78 is 0. The SMILES string of the molecule is O=Nc1ccc2cccnc2c1. The zero-order valence-corrected chi connectivity index (χ0v) is 6.27. The van der Waals surface area contributed by atoms with E-state index < -0.39 is 0 Å². The molecule has 0 spiro atoms. The van der Waals surface area contributed by atoms with E-state index >= 15 is 0 Å². The van der Waals surface area contributed by atoms with Crippen molar-refractivity contribution in [3.63, 3.8) is 0 Å². The van der Waals surface area contributed by atoms with Crippen molar-refractivity contribution < 1.29 is 0 Å². The highest BCUT2D eigenvalue weighted by Crippen LogP contribution is 2.18. The number of hydrogen-bond donors (Lipinski definition) is 0. The third-order valence-electron chi connectivity index (χ3n) is 1.69. The standard InChI is InChI=1S/C9H6N2O/c12-11-8-4-3-7-2-1-5-10-9(7)6-8/h1-6H. The Morgan fingerprint density at radius 3 is 3.00 bits per heavy atom. The second-order valence-corrected chi connectivity index (χ2v) is 2.47. The summed E-state index contributed by atoms with van der Waals surface area (Å²) in [5, 5.41) is 3.85. The molecule has 3 heteroatoms. The summed E-state index contributed by atoms with van der Waals surface area (Å²) in [6, 6.07) is 8.98. The van der Waals surface area contributed by atoms with Crippen LogP contribution < -0.4 is 0 Å². The van der Waals surface area contributed by atoms with Crippen molar-refractivity contribution in [2.75, 3.05) is 0 Å². The van der Waals surface area contributed by atoms with Crippen molar-refractivity contribution in [1.82, 2.24) is 4.98 Å². The maximum atomic E-state index is 10.2. The molecule has 0 N–H and O–H groups in total. The van der Waals surface area contributed by atoms with Crippen molar-refractivity contribution in [2.24, 2.45) is 5.18 Å². The van der Waals surface area contributed by atoms with Crippen molar-refractivity contribution in [3.8, 4) is 0 Å². The largest absolute Gasteiger partial charge is 0.256 e. The van der Waals surface area contributed by atoms with Crippen LogP contribution in [0.15, 0.2) is 41.7 Å². The van der Waals surface area contributed by atoms with Gasteiger partial charge in [-0.25, -0.2) is 0 Å². The molecule has 0 aliphatic carbocycles. The Balaban J connectivity index is 2.75. The molecule has 3 nitrogen and oxygen atoms in total. The molecular formula is C9H6N2O. The highest BCUT2D eigenvalue weighted by Gasteiger charge is 1.94. The first kappa shape index (κ1) is 6.91. The summed E-state index contributed by atoms with van der Waals surface area (Å²) >= 11 is 0. The van der Waals surface area contributed by atoms with Crippen LogP contribution in [0, 0.1) is 4.91 Å². The van der Waals surface area contributed by atoms with Crippen LogP contribution in [0.4, 0.5) is 5.69 Å². The minimum Gasteiger partial charge on any atom is -0.256 e. The number of nitrogens with zero attached hydrogens (tertiary/aromatic N) is 2. The highest BCUT2D eigenvalue weighted by molar-refractivity contribution is 5.81. The number of pyridine rings is 1. The maximum absolute atomic E-state index is 10.2. The third kappa shape index (κ3) is 1.05. The quantitative estimate of drug-likeness (QED) is 0.598. The molecule has 0 unspecified atom stereocenters. The number of fused-ring (bicyclic) bond motifs is 1. The first-order chi connectivity index (χ1) is 5.90. The third-order valence-corrected chi connectivity index (χ3v) is 1.69. The smallest absolute Gasteiger partial charge is 0.110 e. The van der Waals surface area contributed by atoms with E-state index in [2.05, 4.69) is 10.2 Å². The number of aromatic nitrogens is 1. The van der Waals surface area contributed by atoms with Gasteiger partial charge in [0, 0.05) is 11.6 Å². The molecule has 2 rings (SSSR count). The molecule has 1 aromatic carbocycles. The molecule has 0 bridgehead atoms. The lowest BCUT2D eigenvalue weighted by Crippen LogP contribution is -1.75. The van der Waals surface area contributed by atoms with E-state index in [0.29, 0.717) is 5.69 Å². The number of hydrogen-bond acceptors (Lipinski definition) is 3. The molecule has 0 aliphatic rings. The zero-order chi connectivity index (χ0) is 8.39. The molecule has 0 aliphatic heterocycles. The Morgan fingerprint density at radius 2 is 2.17 bits per heavy atom. The lowest BCUT2D eigenvalue weighted by Gasteiger charge is -1.94. The first-order valence-electron chi connectivity index (χ1n) is 3.58. The van der Waals surface area contributed by atoms with Gasteiger partial charge in [0.1, 0.15) is 5.69 Å². The predicted octanol–water partition coefficient (Wildman–Crippen LogP) is 2.63. The Morgan fingerprint density at radius 1 is 1.25 bits per heavy atom. The van der Waals surface area contributed by atoms with Gasteiger partial charge in [-0.1, -0.05) is 12.1 Å². The summed E-state index contributed by atoms with van der Waals surface area (Å²) in [6.45, 7) is 0. The normalized spacial score (nSPS) is 10.0. The van der Waals surface area contributed by atoms with E-state index in [9.17, 15) is 4.91 Å². The number of nitroso groups, excluding NO2 is 1. The molecule has 0 amide bonds. The molecule has 0 saturated carbocycles. The molecule has 12 heavy (non-hydrogen) atoms. The Bertz CT molecular complexity index is 426. The first-order valence-corrected chi connectivity index (χ1v) is 3.58. The zero-order valence-electron chi connectivity index (χ0n) is 6.27. The van der Waals surface area contributed by atoms with Gasteiger partial charge < -0.3 is 0 Å². The monoisotopic (exact) mass is 158 g/mol. The van der Waals surface area contributed by atoms with Crippen molar-refractivity contribution in [2.45, 2.75) is 0 Å². The van der Waals surface area contributed by atoms with Crippen molar-refractivity contribution in [3.05, 3.63) is 41.4 Å². The lowest BCUT2D eigenvalue weighted by molar-refractivity contribution is 1.40. The van der Waals surface area contributed by atoms with Crippen LogP contribution in [-0.2, 0) is 0 Å². The van der Waals surface area contributed by atoms with Gasteiger partial charge in [-0.3, -0.25) is 4.98 Å². The van der Waals surface area contributed by atoms with Gasteiger partial charge in [0.25, 0.3) is 0 Å². The van der Waals surface area contributed by atoms with E-state index in [1.54, 1.807) is 18.3 Å². The van der Waals surface area contributed by atoms with E-state index in [-0.39, 0.29) is 0 Å². The summed E-state index contributed by atoms with van der Waals surface area (Å²) in [5.41, 5.74) is 1.22. The van der Waals surface area contributed by atoms with E-state index in [1.807, 2.05) is 18.2 Å². The fraction of sp³-hybridized carbons (Fsp3) is 0. The van der Waals surface area contributed by atoms with Gasteiger partial charge >= 0.3 is 0 Å². The van der Waals surface area contributed by atoms with Crippen LogP contribution in [0.2, 0.25) is 0 Å². The molecular weight excluding hydrogens is 152 g/mol. The molecule has 0 fully saturated rings. The Hall–Kier alpha value is -1.77. The molecule has 58 valence electrons. The fourth-order valence-electron chi connectivity index (χ4n) is 1.11. The van der Waals surface area contributed by atoms with Crippen molar-refractivity contribution in [1.29, 1.82) is 0 Å². The van der Waals surface area contributed by atoms with Gasteiger partial charge in [-0.2, -0.15) is 0 Å². The maximum Gasteiger partial charge on any atom is 0.110 e. The Kier molecular flexibility index (Phi) is 1.55. The van der Waals surface area contributed by atoms with Gasteiger partial charge in [0.2, 0.25) is 0 Å². The van der Waals surface area contributed by atoms with Crippen LogP contribution in [0.25, 0.3) is 10.9 Å². The van der Waals surface area contributed by atoms with E-state index in [0.717, 1.165) is 10.9 Å². The molecule has 2 aromatic rings. The minimum atomic E-state index is 0.418. The number of benzene rings is 1. The van der Waals surface area contributed by atoms with Crippen LogP contribution in [0.1, 0.15) is 0 Å². The van der Waals surface area contributed by atoms with Gasteiger partial charge in [0.05, 0.1) is 5.52 Å². The summed E-state index contributed by atoms with van der Waals surface area (Å²) in [6.07, 6.45) is 1.69. The molecule has 1 aromatic heterocycles. The van der Waals surface area contributed by atoms with Crippen LogP contribution >= 0.6 is 0 Å². The average molecular weight is 158 g/mol. The topological polar surface area (TPSA) is 42.3 Å². The van der Waals surface area contributed by atoms with Crippen molar-refractivity contribution >= 4 is 16.6 Å². The summed E-state index contributed by atoms with van der Waals surface area (Å²) in [7, 11) is 0. The van der Waals surface area contributed by atoms with Gasteiger partial charge in [0.15, 0.2) is 0 Å². The van der Waals surface area contributed by atoms with Crippen LogP contribution in [0.5, 0.6) is 0 Å². The second kappa shape index (κ2) is 2.70. The molecule has 0 saturated heterocycles. The summed E-state index contributed by atoms with van der Waals surface area (Å²) in [5.74, 6) is 0. The highest BCUT2D eigenvalue weighted by atomic mass is 16.3. The Labute approximate surface area is 69.0 Å². The predicted molar refractivity (Wildman–Crippen MR) is 47.2 cm³/mol.